The standard InChI is InChI=1S/C12H9FN4O2S/c13-8-4-9(15)6-10(5-8)17-20(18,19)12-2-1-3-16-11(12)7-14/h1-6,17H,15H2. The van der Waals surface area contributed by atoms with Gasteiger partial charge in [0.1, 0.15) is 16.8 Å². The molecule has 2 rings (SSSR count). The molecule has 2 aromatic rings. The molecule has 0 amide bonds. The zero-order valence-electron chi connectivity index (χ0n) is 10.0. The summed E-state index contributed by atoms with van der Waals surface area (Å²) in [5.74, 6) is -0.672. The van der Waals surface area contributed by atoms with Gasteiger partial charge in [0.15, 0.2) is 5.69 Å². The lowest BCUT2D eigenvalue weighted by Crippen LogP contribution is -2.15. The average Bonchev–Trinajstić information content (AvgIpc) is 2.36. The van der Waals surface area contributed by atoms with E-state index in [1.54, 1.807) is 6.07 Å². The van der Waals surface area contributed by atoms with Crippen molar-refractivity contribution in [1.29, 1.82) is 5.26 Å². The number of benzene rings is 1. The third kappa shape index (κ3) is 2.84. The predicted octanol–water partition coefficient (Wildman–Crippen LogP) is 1.48. The van der Waals surface area contributed by atoms with Gasteiger partial charge in [-0.3, -0.25) is 4.72 Å². The molecule has 0 radical (unpaired) electrons. The largest absolute Gasteiger partial charge is 0.399 e. The van der Waals surface area contributed by atoms with Crippen molar-refractivity contribution in [3.63, 3.8) is 0 Å². The molecule has 0 fully saturated rings. The van der Waals surface area contributed by atoms with Crippen LogP contribution < -0.4 is 10.5 Å². The number of pyridine rings is 1. The summed E-state index contributed by atoms with van der Waals surface area (Å²) in [5.41, 5.74) is 5.23. The number of nitriles is 1. The molecular weight excluding hydrogens is 283 g/mol. The number of nitrogens with two attached hydrogens (primary N) is 1. The molecule has 0 atom stereocenters. The molecule has 1 heterocycles. The fourth-order valence-corrected chi connectivity index (χ4v) is 2.72. The number of nitrogens with zero attached hydrogens (tertiary/aromatic N) is 2. The van der Waals surface area contributed by atoms with Gasteiger partial charge in [0.05, 0.1) is 5.69 Å². The summed E-state index contributed by atoms with van der Waals surface area (Å²) in [6, 6.07) is 7.61. The number of aromatic nitrogens is 1. The van der Waals surface area contributed by atoms with E-state index in [-0.39, 0.29) is 22.0 Å². The Balaban J connectivity index is 2.44. The molecule has 3 N–H and O–H groups in total. The van der Waals surface area contributed by atoms with Crippen molar-refractivity contribution in [1.82, 2.24) is 4.98 Å². The molecule has 0 unspecified atom stereocenters. The maximum absolute atomic E-state index is 13.2. The number of hydrogen-bond acceptors (Lipinski definition) is 5. The summed E-state index contributed by atoms with van der Waals surface area (Å²) in [5, 5.41) is 8.85. The SMILES string of the molecule is N#Cc1ncccc1S(=O)(=O)Nc1cc(N)cc(F)c1. The molecule has 6 nitrogen and oxygen atoms in total. The predicted molar refractivity (Wildman–Crippen MR) is 70.6 cm³/mol. The molecular formula is C12H9FN4O2S. The highest BCUT2D eigenvalue weighted by atomic mass is 32.2. The topological polar surface area (TPSA) is 109 Å². The van der Waals surface area contributed by atoms with Crippen molar-refractivity contribution < 1.29 is 12.8 Å². The maximum Gasteiger partial charge on any atom is 0.264 e. The summed E-state index contributed by atoms with van der Waals surface area (Å²) < 4.78 is 39.6. The zero-order chi connectivity index (χ0) is 14.8. The van der Waals surface area contributed by atoms with Crippen LogP contribution in [0.3, 0.4) is 0 Å². The Kier molecular flexibility index (Phi) is 3.54. The highest BCUT2D eigenvalue weighted by Crippen LogP contribution is 2.20. The second-order valence-electron chi connectivity index (χ2n) is 3.84. The third-order valence-corrected chi connectivity index (χ3v) is 3.75. The smallest absolute Gasteiger partial charge is 0.264 e. The molecule has 0 bridgehead atoms. The number of nitrogens with one attached hydrogen (secondary N) is 1. The monoisotopic (exact) mass is 292 g/mol. The van der Waals surface area contributed by atoms with Gasteiger partial charge in [-0.2, -0.15) is 5.26 Å². The van der Waals surface area contributed by atoms with Crippen LogP contribution in [0.4, 0.5) is 15.8 Å². The minimum absolute atomic E-state index is 0.0322. The summed E-state index contributed by atoms with van der Waals surface area (Å²) in [6.45, 7) is 0. The molecule has 1 aromatic carbocycles. The van der Waals surface area contributed by atoms with Crippen molar-refractivity contribution in [2.75, 3.05) is 10.5 Å². The lowest BCUT2D eigenvalue weighted by molar-refractivity contribution is 0.600. The number of halogens is 1. The Morgan fingerprint density at radius 2 is 2.10 bits per heavy atom. The first-order valence-corrected chi connectivity index (χ1v) is 6.85. The Hall–Kier alpha value is -2.66. The first kappa shape index (κ1) is 13.8. The molecule has 0 aliphatic rings. The van der Waals surface area contributed by atoms with Gasteiger partial charge < -0.3 is 5.73 Å². The van der Waals surface area contributed by atoms with E-state index in [0.717, 1.165) is 12.1 Å². The summed E-state index contributed by atoms with van der Waals surface area (Å²) in [6.07, 6.45) is 1.30. The van der Waals surface area contributed by atoms with Crippen LogP contribution in [0, 0.1) is 17.1 Å². The van der Waals surface area contributed by atoms with Crippen LogP contribution in [0.1, 0.15) is 5.69 Å². The molecule has 0 saturated carbocycles. The van der Waals surface area contributed by atoms with Crippen LogP contribution in [-0.2, 0) is 10.0 Å². The van der Waals surface area contributed by atoms with Crippen LogP contribution in [0.5, 0.6) is 0 Å². The van der Waals surface area contributed by atoms with Gasteiger partial charge in [0.25, 0.3) is 10.0 Å². The molecule has 0 aliphatic heterocycles. The summed E-state index contributed by atoms with van der Waals surface area (Å²) >= 11 is 0. The second-order valence-corrected chi connectivity index (χ2v) is 5.49. The van der Waals surface area contributed by atoms with E-state index in [9.17, 15) is 12.8 Å². The normalized spacial score (nSPS) is 10.8. The number of anilines is 2. The average molecular weight is 292 g/mol. The first-order valence-electron chi connectivity index (χ1n) is 5.36. The highest BCUT2D eigenvalue weighted by molar-refractivity contribution is 7.92. The van der Waals surface area contributed by atoms with Gasteiger partial charge in [-0.15, -0.1) is 0 Å². The van der Waals surface area contributed by atoms with Crippen LogP contribution in [0.15, 0.2) is 41.4 Å². The second kappa shape index (κ2) is 5.14. The van der Waals surface area contributed by atoms with Crippen molar-refractivity contribution in [3.8, 4) is 6.07 Å². The Bertz CT molecular complexity index is 779. The van der Waals surface area contributed by atoms with Gasteiger partial charge >= 0.3 is 0 Å². The third-order valence-electron chi connectivity index (χ3n) is 2.34. The molecule has 102 valence electrons. The molecule has 0 spiro atoms. The zero-order valence-corrected chi connectivity index (χ0v) is 10.9. The van der Waals surface area contributed by atoms with E-state index >= 15 is 0 Å². The van der Waals surface area contributed by atoms with Crippen LogP contribution in [0.25, 0.3) is 0 Å². The summed E-state index contributed by atoms with van der Waals surface area (Å²) in [7, 11) is -4.05. The van der Waals surface area contributed by atoms with Gasteiger partial charge in [-0.05, 0) is 30.3 Å². The van der Waals surface area contributed by atoms with E-state index in [1.165, 1.54) is 24.4 Å². The number of sulfonamides is 1. The molecule has 0 saturated heterocycles. The van der Waals surface area contributed by atoms with E-state index in [1.807, 2.05) is 0 Å². The first-order chi connectivity index (χ1) is 9.42. The van der Waals surface area contributed by atoms with Crippen LogP contribution in [-0.4, -0.2) is 13.4 Å². The van der Waals surface area contributed by atoms with E-state index in [2.05, 4.69) is 9.71 Å². The fraction of sp³-hybridized carbons (Fsp3) is 0. The van der Waals surface area contributed by atoms with Gasteiger partial charge in [-0.25, -0.2) is 17.8 Å². The van der Waals surface area contributed by atoms with E-state index in [4.69, 9.17) is 11.0 Å². The van der Waals surface area contributed by atoms with Crippen LogP contribution in [0.2, 0.25) is 0 Å². The quantitative estimate of drug-likeness (QED) is 0.833. The van der Waals surface area contributed by atoms with Crippen molar-refractivity contribution in [2.24, 2.45) is 0 Å². The maximum atomic E-state index is 13.2. The van der Waals surface area contributed by atoms with E-state index in [0.29, 0.717) is 0 Å². The highest BCUT2D eigenvalue weighted by Gasteiger charge is 2.19. The Morgan fingerprint density at radius 1 is 1.35 bits per heavy atom. The Labute approximate surface area is 114 Å². The minimum Gasteiger partial charge on any atom is -0.399 e. The summed E-state index contributed by atoms with van der Waals surface area (Å²) in [4.78, 5) is 3.37. The van der Waals surface area contributed by atoms with Gasteiger partial charge in [0.2, 0.25) is 0 Å². The lowest BCUT2D eigenvalue weighted by atomic mass is 10.3. The number of hydrogen-bond donors (Lipinski definition) is 2. The molecule has 1 aromatic heterocycles. The lowest BCUT2D eigenvalue weighted by Gasteiger charge is -2.09. The van der Waals surface area contributed by atoms with Gasteiger partial charge in [-0.1, -0.05) is 0 Å². The van der Waals surface area contributed by atoms with Crippen LogP contribution >= 0.6 is 0 Å². The van der Waals surface area contributed by atoms with Gasteiger partial charge in [0, 0.05) is 11.9 Å². The number of rotatable bonds is 3. The van der Waals surface area contributed by atoms with Crippen molar-refractivity contribution >= 4 is 21.4 Å². The minimum atomic E-state index is -4.05. The fourth-order valence-electron chi connectivity index (χ4n) is 1.57. The Morgan fingerprint density at radius 3 is 2.75 bits per heavy atom. The van der Waals surface area contributed by atoms with E-state index < -0.39 is 15.8 Å². The van der Waals surface area contributed by atoms with Crippen molar-refractivity contribution in [3.05, 3.63) is 48.0 Å². The molecule has 8 heteroatoms. The molecule has 0 aliphatic carbocycles. The van der Waals surface area contributed by atoms with Crippen molar-refractivity contribution in [2.45, 2.75) is 4.90 Å². The molecule has 20 heavy (non-hydrogen) atoms. The number of nitrogen functional groups attached to an aromatic ring is 1.